The average molecular weight is 182 g/mol. The van der Waals surface area contributed by atoms with E-state index in [4.69, 9.17) is 13.6 Å². The first kappa shape index (κ1) is 6.68. The molecule has 4 aliphatic rings. The molecule has 4 aliphatic heterocycles. The molecule has 0 unspecified atom stereocenters. The minimum atomic E-state index is -3.57. The summed E-state index contributed by atoms with van der Waals surface area (Å²) in [6, 6.07) is 0. The predicted octanol–water partition coefficient (Wildman–Crippen LogP) is 0.701. The third-order valence-electron chi connectivity index (χ3n) is 1.87. The molecule has 6 nitrogen and oxygen atoms in total. The van der Waals surface area contributed by atoms with Gasteiger partial charge in [-0.2, -0.15) is 0 Å². The first-order valence-electron chi connectivity index (χ1n) is 3.34. The van der Waals surface area contributed by atoms with Crippen LogP contribution in [0.15, 0.2) is 0 Å². The molecule has 0 aromatic rings. The summed E-state index contributed by atoms with van der Waals surface area (Å²) in [7, 11) is -3.57. The van der Waals surface area contributed by atoms with Crippen molar-refractivity contribution in [2.24, 2.45) is 5.92 Å². The van der Waals surface area contributed by atoms with Crippen LogP contribution in [-0.4, -0.2) is 19.8 Å². The normalized spacial score (nSPS) is 47.6. The van der Waals surface area contributed by atoms with Crippen LogP contribution in [0, 0.1) is 5.92 Å². The summed E-state index contributed by atoms with van der Waals surface area (Å²) in [4.78, 5) is 0. The van der Waals surface area contributed by atoms with Crippen LogP contribution in [0.4, 0.5) is 0 Å². The second kappa shape index (κ2) is 1.75. The summed E-state index contributed by atoms with van der Waals surface area (Å²) in [6.45, 7) is 1.67. The standard InChI is InChI=1S/C4H7O6P/c1-4-2-6-11(5-1,7-3-4)9-8-10-11/h4H,1-3H2. The van der Waals surface area contributed by atoms with Gasteiger partial charge in [-0.3, -0.25) is 0 Å². The van der Waals surface area contributed by atoms with Crippen molar-refractivity contribution in [1.82, 2.24) is 0 Å². The van der Waals surface area contributed by atoms with Gasteiger partial charge in [0.25, 0.3) is 0 Å². The van der Waals surface area contributed by atoms with Gasteiger partial charge in [0.05, 0.1) is 0 Å². The fourth-order valence-corrected chi connectivity index (χ4v) is 3.23. The third-order valence-corrected chi connectivity index (χ3v) is 4.19. The monoisotopic (exact) mass is 182 g/mol. The van der Waals surface area contributed by atoms with Crippen LogP contribution in [-0.2, 0) is 28.0 Å². The maximum absolute atomic E-state index is 5.20. The van der Waals surface area contributed by atoms with E-state index in [0.717, 1.165) is 0 Å². The van der Waals surface area contributed by atoms with E-state index in [1.165, 1.54) is 0 Å². The van der Waals surface area contributed by atoms with Gasteiger partial charge in [0, 0.05) is 0 Å². The second-order valence-corrected chi connectivity index (χ2v) is 5.28. The van der Waals surface area contributed by atoms with Crippen molar-refractivity contribution >= 4 is 7.74 Å². The van der Waals surface area contributed by atoms with E-state index >= 15 is 0 Å². The summed E-state index contributed by atoms with van der Waals surface area (Å²) < 4.78 is 25.0. The minimum absolute atomic E-state index is 0.296. The molecule has 0 N–H and O–H groups in total. The quantitative estimate of drug-likeness (QED) is 0.406. The Hall–Kier alpha value is 0.190. The first-order valence-corrected chi connectivity index (χ1v) is 5.16. The second-order valence-electron chi connectivity index (χ2n) is 2.72. The summed E-state index contributed by atoms with van der Waals surface area (Å²) in [5, 5.41) is 4.12. The van der Waals surface area contributed by atoms with E-state index in [1.807, 2.05) is 0 Å². The summed E-state index contributed by atoms with van der Waals surface area (Å²) >= 11 is 0. The van der Waals surface area contributed by atoms with Crippen LogP contribution >= 0.6 is 7.74 Å². The fourth-order valence-electron chi connectivity index (χ4n) is 1.17. The van der Waals surface area contributed by atoms with Crippen molar-refractivity contribution in [2.45, 2.75) is 0 Å². The van der Waals surface area contributed by atoms with E-state index in [-0.39, 0.29) is 0 Å². The molecule has 4 heterocycles. The molecule has 1 spiro atoms. The van der Waals surface area contributed by atoms with Crippen molar-refractivity contribution in [1.29, 1.82) is 0 Å². The van der Waals surface area contributed by atoms with Gasteiger partial charge in [-0.1, -0.05) is 0 Å². The number of rotatable bonds is 0. The van der Waals surface area contributed by atoms with Gasteiger partial charge < -0.3 is 0 Å². The fraction of sp³-hybridized carbons (Fsp3) is 1.00. The Balaban J connectivity index is 1.95. The Kier molecular flexibility index (Phi) is 1.06. The zero-order chi connectivity index (χ0) is 7.39. The number of fused-ring (bicyclic) bond motifs is 3. The Bertz CT molecular complexity index is 174. The molecule has 64 valence electrons. The molecular weight excluding hydrogens is 175 g/mol. The van der Waals surface area contributed by atoms with Crippen LogP contribution in [0.2, 0.25) is 0 Å². The SMILES string of the molecule is C1OP23(OCC1CO2)OOO3. The first-order chi connectivity index (χ1) is 5.31. The number of hydrogen-bond acceptors (Lipinski definition) is 6. The van der Waals surface area contributed by atoms with Gasteiger partial charge in [-0.25, -0.2) is 0 Å². The van der Waals surface area contributed by atoms with E-state index in [2.05, 4.69) is 14.4 Å². The molecule has 4 saturated heterocycles. The van der Waals surface area contributed by atoms with Crippen LogP contribution in [0.25, 0.3) is 0 Å². The Labute approximate surface area is 62.5 Å². The van der Waals surface area contributed by atoms with E-state index in [1.54, 1.807) is 0 Å². The molecule has 2 bridgehead atoms. The molecule has 11 heavy (non-hydrogen) atoms. The maximum atomic E-state index is 5.20. The topological polar surface area (TPSA) is 55.4 Å². The summed E-state index contributed by atoms with van der Waals surface area (Å²) in [6.07, 6.45) is 0. The van der Waals surface area contributed by atoms with Gasteiger partial charge in [-0.15, -0.1) is 0 Å². The van der Waals surface area contributed by atoms with Gasteiger partial charge in [-0.05, 0) is 0 Å². The van der Waals surface area contributed by atoms with Crippen LogP contribution in [0.1, 0.15) is 0 Å². The van der Waals surface area contributed by atoms with Gasteiger partial charge in [0.15, 0.2) is 0 Å². The van der Waals surface area contributed by atoms with E-state index in [9.17, 15) is 0 Å². The number of hydrogen-bond donors (Lipinski definition) is 0. The van der Waals surface area contributed by atoms with Crippen molar-refractivity contribution in [2.75, 3.05) is 19.8 Å². The van der Waals surface area contributed by atoms with Crippen LogP contribution in [0.5, 0.6) is 0 Å². The Morgan fingerprint density at radius 3 is 1.73 bits per heavy atom. The molecule has 0 aromatic carbocycles. The summed E-state index contributed by atoms with van der Waals surface area (Å²) in [5.74, 6) is 0.296. The molecule has 7 heteroatoms. The van der Waals surface area contributed by atoms with Gasteiger partial charge >= 0.3 is 61.4 Å². The molecule has 0 atom stereocenters. The van der Waals surface area contributed by atoms with Gasteiger partial charge in [0.1, 0.15) is 0 Å². The van der Waals surface area contributed by atoms with Crippen LogP contribution < -0.4 is 0 Å². The van der Waals surface area contributed by atoms with E-state index in [0.29, 0.717) is 25.7 Å². The van der Waals surface area contributed by atoms with Crippen molar-refractivity contribution in [3.05, 3.63) is 0 Å². The van der Waals surface area contributed by atoms with Crippen molar-refractivity contribution in [3.8, 4) is 0 Å². The predicted molar refractivity (Wildman–Crippen MR) is 31.5 cm³/mol. The molecule has 4 fully saturated rings. The Morgan fingerprint density at radius 1 is 0.909 bits per heavy atom. The van der Waals surface area contributed by atoms with Crippen molar-refractivity contribution in [3.63, 3.8) is 0 Å². The molecule has 0 aromatic heterocycles. The zero-order valence-corrected chi connectivity index (χ0v) is 6.49. The Morgan fingerprint density at radius 2 is 1.45 bits per heavy atom. The molecule has 4 rings (SSSR count). The summed E-state index contributed by atoms with van der Waals surface area (Å²) in [5.41, 5.74) is 0. The molecule has 0 aliphatic carbocycles. The third kappa shape index (κ3) is 0.703. The molecular formula is C4H7O6P. The van der Waals surface area contributed by atoms with Crippen molar-refractivity contribution < 1.29 is 28.0 Å². The van der Waals surface area contributed by atoms with Crippen LogP contribution in [0.3, 0.4) is 0 Å². The average Bonchev–Trinajstić information content (AvgIpc) is 2.06. The molecule has 0 amide bonds. The zero-order valence-electron chi connectivity index (χ0n) is 5.60. The molecule has 0 saturated carbocycles. The molecule has 0 radical (unpaired) electrons. The van der Waals surface area contributed by atoms with Gasteiger partial charge in [0.2, 0.25) is 0 Å². The van der Waals surface area contributed by atoms with E-state index < -0.39 is 7.74 Å².